The van der Waals surface area contributed by atoms with Crippen molar-refractivity contribution in [2.24, 2.45) is 0 Å². The second-order valence-corrected chi connectivity index (χ2v) is 7.41. The standard InChI is InChI=1S/C22H21N3O2/c1-14-5-4-6-15(11-14)12-25(16-9-10-16)13-19-23-20-17-7-2-3-8-18(17)27-21(20)22(26)24-19/h2-8,11,16H,9-10,12-13H2,1H3,(H,23,24,26). The van der Waals surface area contributed by atoms with E-state index in [2.05, 4.69) is 41.1 Å². The highest BCUT2D eigenvalue weighted by Gasteiger charge is 2.29. The minimum Gasteiger partial charge on any atom is -0.449 e. The molecular formula is C22H21N3O2. The molecule has 5 nitrogen and oxygen atoms in total. The van der Waals surface area contributed by atoms with Gasteiger partial charge >= 0.3 is 0 Å². The summed E-state index contributed by atoms with van der Waals surface area (Å²) in [6, 6.07) is 16.8. The molecule has 2 aromatic heterocycles. The van der Waals surface area contributed by atoms with Gasteiger partial charge in [-0.05, 0) is 37.5 Å². The van der Waals surface area contributed by atoms with E-state index < -0.39 is 0 Å². The number of para-hydroxylation sites is 1. The first-order valence-corrected chi connectivity index (χ1v) is 9.37. The fraction of sp³-hybridized carbons (Fsp3) is 0.273. The summed E-state index contributed by atoms with van der Waals surface area (Å²) in [5.74, 6) is 0.693. The molecule has 1 aliphatic carbocycles. The molecule has 0 aliphatic heterocycles. The predicted molar refractivity (Wildman–Crippen MR) is 106 cm³/mol. The van der Waals surface area contributed by atoms with Crippen LogP contribution in [0.1, 0.15) is 29.8 Å². The van der Waals surface area contributed by atoms with Crippen molar-refractivity contribution >= 4 is 22.1 Å². The van der Waals surface area contributed by atoms with Gasteiger partial charge in [0.05, 0.1) is 6.54 Å². The highest BCUT2D eigenvalue weighted by molar-refractivity contribution is 6.01. The largest absolute Gasteiger partial charge is 0.449 e. The Morgan fingerprint density at radius 2 is 2.00 bits per heavy atom. The summed E-state index contributed by atoms with van der Waals surface area (Å²) in [7, 11) is 0. The van der Waals surface area contributed by atoms with E-state index >= 15 is 0 Å². The van der Waals surface area contributed by atoms with Gasteiger partial charge in [-0.25, -0.2) is 4.98 Å². The number of rotatable bonds is 5. The van der Waals surface area contributed by atoms with Crippen LogP contribution in [0.3, 0.4) is 0 Å². The van der Waals surface area contributed by atoms with Crippen LogP contribution in [0.25, 0.3) is 22.1 Å². The fourth-order valence-electron chi connectivity index (χ4n) is 3.71. The normalized spacial score (nSPS) is 14.4. The first kappa shape index (κ1) is 16.3. The van der Waals surface area contributed by atoms with Crippen LogP contribution in [0.15, 0.2) is 57.7 Å². The lowest BCUT2D eigenvalue weighted by Crippen LogP contribution is -2.27. The van der Waals surface area contributed by atoms with Gasteiger partial charge in [0.1, 0.15) is 16.9 Å². The average molecular weight is 359 g/mol. The van der Waals surface area contributed by atoms with Crippen molar-refractivity contribution < 1.29 is 4.42 Å². The van der Waals surface area contributed by atoms with E-state index in [4.69, 9.17) is 9.40 Å². The Labute approximate surface area is 156 Å². The third-order valence-corrected chi connectivity index (χ3v) is 5.16. The van der Waals surface area contributed by atoms with Gasteiger partial charge in [-0.1, -0.05) is 42.0 Å². The Hall–Kier alpha value is -2.92. The number of benzene rings is 2. The Kier molecular flexibility index (Phi) is 3.83. The smallest absolute Gasteiger partial charge is 0.294 e. The molecule has 27 heavy (non-hydrogen) atoms. The van der Waals surface area contributed by atoms with Crippen molar-refractivity contribution in [3.05, 3.63) is 75.8 Å². The number of hydrogen-bond acceptors (Lipinski definition) is 4. The summed E-state index contributed by atoms with van der Waals surface area (Å²) in [6.45, 7) is 3.60. The molecule has 0 atom stereocenters. The maximum absolute atomic E-state index is 12.5. The van der Waals surface area contributed by atoms with E-state index in [-0.39, 0.29) is 5.56 Å². The van der Waals surface area contributed by atoms with Gasteiger partial charge in [-0.3, -0.25) is 9.69 Å². The molecule has 136 valence electrons. The lowest BCUT2D eigenvalue weighted by molar-refractivity contribution is 0.239. The van der Waals surface area contributed by atoms with Gasteiger partial charge < -0.3 is 9.40 Å². The summed E-state index contributed by atoms with van der Waals surface area (Å²) in [5.41, 5.74) is 3.99. The summed E-state index contributed by atoms with van der Waals surface area (Å²) < 4.78 is 5.69. The maximum Gasteiger partial charge on any atom is 0.294 e. The number of hydrogen-bond donors (Lipinski definition) is 1. The van der Waals surface area contributed by atoms with Crippen molar-refractivity contribution in [3.8, 4) is 0 Å². The first-order valence-electron chi connectivity index (χ1n) is 9.37. The predicted octanol–water partition coefficient (Wildman–Crippen LogP) is 4.14. The number of furan rings is 1. The third-order valence-electron chi connectivity index (χ3n) is 5.16. The van der Waals surface area contributed by atoms with E-state index in [1.807, 2.05) is 24.3 Å². The van der Waals surface area contributed by atoms with Gasteiger partial charge in [0.15, 0.2) is 0 Å². The van der Waals surface area contributed by atoms with Gasteiger partial charge in [0.25, 0.3) is 5.56 Å². The van der Waals surface area contributed by atoms with Crippen LogP contribution in [-0.4, -0.2) is 20.9 Å². The van der Waals surface area contributed by atoms with Gasteiger partial charge in [-0.15, -0.1) is 0 Å². The van der Waals surface area contributed by atoms with Crippen LogP contribution in [0, 0.1) is 6.92 Å². The molecule has 1 aliphatic rings. The first-order chi connectivity index (χ1) is 13.2. The van der Waals surface area contributed by atoms with Gasteiger partial charge in [0, 0.05) is 18.0 Å². The molecule has 0 unspecified atom stereocenters. The minimum absolute atomic E-state index is 0.211. The van der Waals surface area contributed by atoms with E-state index in [9.17, 15) is 4.79 Å². The zero-order valence-corrected chi connectivity index (χ0v) is 15.2. The van der Waals surface area contributed by atoms with Crippen LogP contribution in [-0.2, 0) is 13.1 Å². The number of fused-ring (bicyclic) bond motifs is 3. The van der Waals surface area contributed by atoms with Crippen LogP contribution < -0.4 is 5.56 Å². The van der Waals surface area contributed by atoms with Crippen LogP contribution >= 0.6 is 0 Å². The maximum atomic E-state index is 12.5. The molecule has 0 amide bonds. The zero-order chi connectivity index (χ0) is 18.4. The SMILES string of the molecule is Cc1cccc(CN(Cc2nc3c(oc4ccccc43)c(=O)[nH]2)C2CC2)c1. The lowest BCUT2D eigenvalue weighted by Gasteiger charge is -2.21. The van der Waals surface area contributed by atoms with Crippen molar-refractivity contribution in [2.75, 3.05) is 0 Å². The van der Waals surface area contributed by atoms with Crippen molar-refractivity contribution in [1.82, 2.24) is 14.9 Å². The number of aromatic amines is 1. The molecular weight excluding hydrogens is 338 g/mol. The number of H-pyrrole nitrogens is 1. The second-order valence-electron chi connectivity index (χ2n) is 7.41. The molecule has 1 fully saturated rings. The number of nitrogens with one attached hydrogen (secondary N) is 1. The van der Waals surface area contributed by atoms with Crippen LogP contribution in [0.4, 0.5) is 0 Å². The molecule has 0 saturated heterocycles. The molecule has 0 radical (unpaired) electrons. The molecule has 2 aromatic carbocycles. The van der Waals surface area contributed by atoms with Crippen LogP contribution in [0.2, 0.25) is 0 Å². The Bertz CT molecular complexity index is 1190. The lowest BCUT2D eigenvalue weighted by atomic mass is 10.1. The highest BCUT2D eigenvalue weighted by Crippen LogP contribution is 2.30. The number of aromatic nitrogens is 2. The second kappa shape index (κ2) is 6.35. The molecule has 0 bridgehead atoms. The summed E-state index contributed by atoms with van der Waals surface area (Å²) in [6.07, 6.45) is 2.40. The van der Waals surface area contributed by atoms with E-state index in [0.29, 0.717) is 35.1 Å². The van der Waals surface area contributed by atoms with Gasteiger partial charge in [0.2, 0.25) is 5.58 Å². The summed E-state index contributed by atoms with van der Waals surface area (Å²) in [4.78, 5) is 22.6. The Balaban J connectivity index is 1.50. The molecule has 2 heterocycles. The molecule has 1 saturated carbocycles. The molecule has 4 aromatic rings. The minimum atomic E-state index is -0.211. The monoisotopic (exact) mass is 359 g/mol. The molecule has 0 spiro atoms. The summed E-state index contributed by atoms with van der Waals surface area (Å²) >= 11 is 0. The highest BCUT2D eigenvalue weighted by atomic mass is 16.3. The zero-order valence-electron chi connectivity index (χ0n) is 15.2. The topological polar surface area (TPSA) is 62.1 Å². The average Bonchev–Trinajstić information content (AvgIpc) is 3.43. The molecule has 5 rings (SSSR count). The van der Waals surface area contributed by atoms with Crippen LogP contribution in [0.5, 0.6) is 0 Å². The fourth-order valence-corrected chi connectivity index (χ4v) is 3.71. The summed E-state index contributed by atoms with van der Waals surface area (Å²) in [5, 5.41) is 0.886. The van der Waals surface area contributed by atoms with Crippen molar-refractivity contribution in [3.63, 3.8) is 0 Å². The number of nitrogens with zero attached hydrogens (tertiary/aromatic N) is 2. The quantitative estimate of drug-likeness (QED) is 0.582. The Morgan fingerprint density at radius 3 is 2.81 bits per heavy atom. The molecule has 5 heteroatoms. The van der Waals surface area contributed by atoms with E-state index in [1.54, 1.807) is 0 Å². The van der Waals surface area contributed by atoms with E-state index in [1.165, 1.54) is 24.0 Å². The van der Waals surface area contributed by atoms with Crippen molar-refractivity contribution in [2.45, 2.75) is 38.9 Å². The Morgan fingerprint density at radius 1 is 1.15 bits per heavy atom. The number of aryl methyl sites for hydroxylation is 1. The van der Waals surface area contributed by atoms with Crippen molar-refractivity contribution in [1.29, 1.82) is 0 Å². The van der Waals surface area contributed by atoms with Gasteiger partial charge in [-0.2, -0.15) is 0 Å². The molecule has 1 N–H and O–H groups in total. The van der Waals surface area contributed by atoms with E-state index in [0.717, 1.165) is 11.9 Å². The third kappa shape index (κ3) is 3.15.